The Morgan fingerprint density at radius 3 is 2.34 bits per heavy atom. The van der Waals surface area contributed by atoms with Crippen LogP contribution in [-0.2, 0) is 14.8 Å². The summed E-state index contributed by atoms with van der Waals surface area (Å²) in [5, 5.41) is 10.8. The topological polar surface area (TPSA) is 87.9 Å². The van der Waals surface area contributed by atoms with Gasteiger partial charge in [-0.1, -0.05) is 55.5 Å². The number of hydrazone groups is 1. The zero-order valence-electron chi connectivity index (χ0n) is 23.0. The van der Waals surface area contributed by atoms with Gasteiger partial charge in [-0.25, -0.2) is 13.1 Å². The van der Waals surface area contributed by atoms with E-state index < -0.39 is 10.0 Å². The van der Waals surface area contributed by atoms with Crippen LogP contribution in [0.3, 0.4) is 0 Å². The fourth-order valence-corrected chi connectivity index (χ4v) is 6.98. The molecule has 4 aromatic rings. The Hall–Kier alpha value is -4.34. The quantitative estimate of drug-likeness (QED) is 0.278. The van der Waals surface area contributed by atoms with E-state index >= 15 is 0 Å². The summed E-state index contributed by atoms with van der Waals surface area (Å²) in [6.45, 7) is 4.93. The van der Waals surface area contributed by atoms with Gasteiger partial charge < -0.3 is 0 Å². The number of amides is 1. The molecule has 3 heterocycles. The molecule has 0 aliphatic carbocycles. The number of piperidine rings is 1. The minimum Gasteiger partial charge on any atom is -0.267 e. The van der Waals surface area contributed by atoms with Crippen LogP contribution in [0.4, 0.5) is 5.69 Å². The van der Waals surface area contributed by atoms with Crippen LogP contribution in [0.15, 0.2) is 107 Å². The molecule has 3 aromatic carbocycles. The van der Waals surface area contributed by atoms with Crippen LogP contribution >= 0.6 is 0 Å². The van der Waals surface area contributed by atoms with Crippen LogP contribution in [0, 0.1) is 5.92 Å². The van der Waals surface area contributed by atoms with Gasteiger partial charge in [0.15, 0.2) is 0 Å². The molecule has 1 aromatic heterocycles. The number of aromatic nitrogens is 2. The van der Waals surface area contributed by atoms with Crippen molar-refractivity contribution in [1.82, 2.24) is 14.1 Å². The van der Waals surface area contributed by atoms with Gasteiger partial charge in [0.2, 0.25) is 10.0 Å². The van der Waals surface area contributed by atoms with Crippen molar-refractivity contribution in [2.45, 2.75) is 31.6 Å². The van der Waals surface area contributed by atoms with Crippen molar-refractivity contribution in [3.63, 3.8) is 0 Å². The Labute approximate surface area is 240 Å². The summed E-state index contributed by atoms with van der Waals surface area (Å²) in [5.74, 6) is 0.0912. The number of hydrogen-bond donors (Lipinski definition) is 0. The molecule has 0 radical (unpaired) electrons. The predicted octanol–water partition coefficient (Wildman–Crippen LogP) is 5.77. The van der Waals surface area contributed by atoms with Crippen molar-refractivity contribution < 1.29 is 13.2 Å². The monoisotopic (exact) mass is 565 g/mol. The van der Waals surface area contributed by atoms with Crippen molar-refractivity contribution in [3.8, 4) is 16.9 Å². The number of carbonyl (C=O) groups is 1. The molecule has 1 amide bonds. The molecule has 0 saturated carbocycles. The molecule has 2 aliphatic rings. The summed E-state index contributed by atoms with van der Waals surface area (Å²) in [6, 6.07) is 25.9. The van der Waals surface area contributed by atoms with Crippen LogP contribution < -0.4 is 5.01 Å². The zero-order chi connectivity index (χ0) is 28.6. The van der Waals surface area contributed by atoms with E-state index in [9.17, 15) is 13.2 Å². The molecule has 208 valence electrons. The van der Waals surface area contributed by atoms with Crippen LogP contribution in [0.2, 0.25) is 0 Å². The lowest BCUT2D eigenvalue weighted by molar-refractivity contribution is -0.114. The highest BCUT2D eigenvalue weighted by Gasteiger charge is 2.31. The van der Waals surface area contributed by atoms with E-state index in [4.69, 9.17) is 5.10 Å². The lowest BCUT2D eigenvalue weighted by Crippen LogP contribution is -2.39. The average Bonchev–Trinajstić information content (AvgIpc) is 3.55. The molecule has 1 fully saturated rings. The SMILES string of the molecule is CC1=NN(c2ccccc2)C(=O)/C1=C\c1cn(-c2ccccc2)nc1-c1cccc(S(=O)(=O)N2CCCC(C)C2)c1. The number of para-hydroxylation sites is 2. The summed E-state index contributed by atoms with van der Waals surface area (Å²) in [4.78, 5) is 13.7. The summed E-state index contributed by atoms with van der Waals surface area (Å²) in [7, 11) is -3.66. The van der Waals surface area contributed by atoms with Crippen LogP contribution in [0.5, 0.6) is 0 Å². The highest BCUT2D eigenvalue weighted by Crippen LogP contribution is 2.32. The third kappa shape index (κ3) is 5.26. The van der Waals surface area contributed by atoms with E-state index in [0.717, 1.165) is 18.5 Å². The lowest BCUT2D eigenvalue weighted by Gasteiger charge is -2.30. The number of sulfonamides is 1. The third-order valence-electron chi connectivity index (χ3n) is 7.49. The summed E-state index contributed by atoms with van der Waals surface area (Å²) >= 11 is 0. The van der Waals surface area contributed by atoms with Gasteiger partial charge in [-0.15, -0.1) is 0 Å². The van der Waals surface area contributed by atoms with Gasteiger partial charge >= 0.3 is 0 Å². The number of anilines is 1. The van der Waals surface area contributed by atoms with E-state index in [1.54, 1.807) is 40.2 Å². The standard InChI is InChI=1S/C32H31N5O3S/c1-23-11-10-18-35(21-23)41(39,40)29-17-9-12-25(19-29)31-26(22-36(34-31)27-13-5-3-6-14-27)20-30-24(2)33-37(32(30)38)28-15-7-4-8-16-28/h3-9,12-17,19-20,22-23H,10-11,18,21H2,1-2H3/b30-20-. The molecule has 1 atom stereocenters. The smallest absolute Gasteiger partial charge is 0.267 e. The number of benzene rings is 3. The van der Waals surface area contributed by atoms with Crippen molar-refractivity contribution in [1.29, 1.82) is 0 Å². The van der Waals surface area contributed by atoms with Gasteiger partial charge in [0.25, 0.3) is 5.91 Å². The van der Waals surface area contributed by atoms with E-state index in [0.29, 0.717) is 52.8 Å². The number of rotatable bonds is 6. The van der Waals surface area contributed by atoms with Crippen LogP contribution in [-0.4, -0.2) is 47.2 Å². The molecule has 0 bridgehead atoms. The number of hydrogen-bond acceptors (Lipinski definition) is 5. The Balaban J connectivity index is 1.43. The second-order valence-electron chi connectivity index (χ2n) is 10.5. The highest BCUT2D eigenvalue weighted by atomic mass is 32.2. The molecule has 41 heavy (non-hydrogen) atoms. The first-order valence-corrected chi connectivity index (χ1v) is 15.2. The van der Waals surface area contributed by atoms with Gasteiger partial charge in [0.05, 0.1) is 27.6 Å². The summed E-state index contributed by atoms with van der Waals surface area (Å²) in [5.41, 5.74) is 4.48. The maximum atomic E-state index is 13.6. The van der Waals surface area contributed by atoms with E-state index in [1.165, 1.54) is 5.01 Å². The Bertz CT molecular complexity index is 1760. The number of nitrogens with zero attached hydrogens (tertiary/aromatic N) is 5. The maximum absolute atomic E-state index is 13.6. The van der Waals surface area contributed by atoms with Gasteiger partial charge in [-0.2, -0.15) is 19.5 Å². The van der Waals surface area contributed by atoms with E-state index in [2.05, 4.69) is 12.0 Å². The molecule has 9 heteroatoms. The van der Waals surface area contributed by atoms with Crippen molar-refractivity contribution in [3.05, 3.63) is 102 Å². The third-order valence-corrected chi connectivity index (χ3v) is 9.35. The van der Waals surface area contributed by atoms with Crippen molar-refractivity contribution >= 4 is 33.4 Å². The normalized spacial score (nSPS) is 19.1. The molecule has 8 nitrogen and oxygen atoms in total. The molecule has 2 aliphatic heterocycles. The molecule has 0 spiro atoms. The lowest BCUT2D eigenvalue weighted by atomic mass is 10.0. The minimum atomic E-state index is -3.66. The molecule has 0 N–H and O–H groups in total. The summed E-state index contributed by atoms with van der Waals surface area (Å²) in [6.07, 6.45) is 5.54. The second kappa shape index (κ2) is 10.9. The van der Waals surface area contributed by atoms with Crippen molar-refractivity contribution in [2.24, 2.45) is 11.0 Å². The van der Waals surface area contributed by atoms with Gasteiger partial charge in [0, 0.05) is 30.4 Å². The Morgan fingerprint density at radius 2 is 1.63 bits per heavy atom. The molecular weight excluding hydrogens is 534 g/mol. The average molecular weight is 566 g/mol. The Kier molecular flexibility index (Phi) is 7.15. The molecule has 1 saturated heterocycles. The number of carbonyl (C=O) groups excluding carboxylic acids is 1. The first-order chi connectivity index (χ1) is 19.8. The molecular formula is C32H31N5O3S. The summed E-state index contributed by atoms with van der Waals surface area (Å²) < 4.78 is 30.5. The second-order valence-corrected chi connectivity index (χ2v) is 12.5. The first kappa shape index (κ1) is 26.9. The van der Waals surface area contributed by atoms with E-state index in [1.807, 2.05) is 72.9 Å². The fourth-order valence-electron chi connectivity index (χ4n) is 5.33. The predicted molar refractivity (Wildman–Crippen MR) is 161 cm³/mol. The zero-order valence-corrected chi connectivity index (χ0v) is 23.8. The maximum Gasteiger partial charge on any atom is 0.280 e. The molecule has 1 unspecified atom stereocenters. The van der Waals surface area contributed by atoms with Crippen molar-refractivity contribution in [2.75, 3.05) is 18.1 Å². The first-order valence-electron chi connectivity index (χ1n) is 13.7. The van der Waals surface area contributed by atoms with E-state index in [-0.39, 0.29) is 10.8 Å². The highest BCUT2D eigenvalue weighted by molar-refractivity contribution is 7.89. The van der Waals surface area contributed by atoms with Crippen LogP contribution in [0.25, 0.3) is 23.0 Å². The molecule has 6 rings (SSSR count). The van der Waals surface area contributed by atoms with Gasteiger partial charge in [0.1, 0.15) is 5.69 Å². The van der Waals surface area contributed by atoms with Crippen LogP contribution in [0.1, 0.15) is 32.3 Å². The largest absolute Gasteiger partial charge is 0.280 e. The van der Waals surface area contributed by atoms with Gasteiger partial charge in [-0.3, -0.25) is 4.79 Å². The van der Waals surface area contributed by atoms with Gasteiger partial charge in [-0.05, 0) is 68.2 Å². The minimum absolute atomic E-state index is 0.234. The fraction of sp³-hybridized carbons (Fsp3) is 0.219. The Morgan fingerprint density at radius 1 is 0.927 bits per heavy atom.